The maximum absolute atomic E-state index is 10.7. The normalized spacial score (nSPS) is 10.3. The second-order valence-electron chi connectivity index (χ2n) is 3.16. The molecule has 0 aromatic heterocycles. The van der Waals surface area contributed by atoms with Gasteiger partial charge in [-0.3, -0.25) is 14.9 Å². The van der Waals surface area contributed by atoms with Crippen LogP contribution in [0.5, 0.6) is 0 Å². The molecule has 16 heavy (non-hydrogen) atoms. The molecule has 0 unspecified atom stereocenters. The summed E-state index contributed by atoms with van der Waals surface area (Å²) in [6.07, 6.45) is 3.29. The summed E-state index contributed by atoms with van der Waals surface area (Å²) in [4.78, 5) is 20.8. The van der Waals surface area contributed by atoms with Crippen molar-refractivity contribution in [3.63, 3.8) is 0 Å². The second kappa shape index (κ2) is 5.65. The zero-order valence-corrected chi connectivity index (χ0v) is 8.84. The molecule has 5 nitrogen and oxygen atoms in total. The van der Waals surface area contributed by atoms with Crippen molar-refractivity contribution in [3.8, 4) is 0 Å². The molecule has 0 aliphatic rings. The lowest BCUT2D eigenvalue weighted by Gasteiger charge is -1.97. The molecule has 0 radical (unpaired) electrons. The third-order valence-electron chi connectivity index (χ3n) is 1.90. The summed E-state index contributed by atoms with van der Waals surface area (Å²) >= 11 is 0. The summed E-state index contributed by atoms with van der Waals surface area (Å²) in [7, 11) is 0. The average molecular weight is 220 g/mol. The predicted molar refractivity (Wildman–Crippen MR) is 60.8 cm³/mol. The molecule has 0 atom stereocenters. The van der Waals surface area contributed by atoms with Crippen LogP contribution in [0.15, 0.2) is 30.3 Å². The van der Waals surface area contributed by atoms with Gasteiger partial charge in [-0.05, 0) is 6.07 Å². The lowest BCUT2D eigenvalue weighted by molar-refractivity contribution is -0.385. The summed E-state index contributed by atoms with van der Waals surface area (Å²) < 4.78 is 0. The summed E-state index contributed by atoms with van der Waals surface area (Å²) in [5.74, 6) is -0.132. The lowest BCUT2D eigenvalue weighted by Crippen LogP contribution is -2.19. The molecule has 0 aliphatic heterocycles. The summed E-state index contributed by atoms with van der Waals surface area (Å²) in [6.45, 7) is 1.78. The number of hydrogen-bond donors (Lipinski definition) is 1. The van der Waals surface area contributed by atoms with Gasteiger partial charge in [0.25, 0.3) is 5.69 Å². The molecule has 5 heteroatoms. The van der Waals surface area contributed by atoms with E-state index < -0.39 is 4.92 Å². The first-order chi connectivity index (χ1) is 7.61. The number of hydrogen-bond acceptors (Lipinski definition) is 3. The van der Waals surface area contributed by atoms with Gasteiger partial charge in [-0.15, -0.1) is 0 Å². The third kappa shape index (κ3) is 3.53. The number of carbonyl (C=O) groups excluding carboxylic acids is 1. The minimum atomic E-state index is -0.432. The highest BCUT2D eigenvalue weighted by Gasteiger charge is 2.08. The minimum absolute atomic E-state index is 0.0570. The Kier molecular flexibility index (Phi) is 4.20. The zero-order valence-electron chi connectivity index (χ0n) is 8.84. The summed E-state index contributed by atoms with van der Waals surface area (Å²) in [6, 6.07) is 6.44. The van der Waals surface area contributed by atoms with Crippen LogP contribution in [0.2, 0.25) is 0 Å². The van der Waals surface area contributed by atoms with E-state index in [-0.39, 0.29) is 11.6 Å². The average Bonchev–Trinajstić information content (AvgIpc) is 2.24. The van der Waals surface area contributed by atoms with E-state index in [2.05, 4.69) is 5.32 Å². The highest BCUT2D eigenvalue weighted by molar-refractivity contribution is 5.73. The maximum atomic E-state index is 10.7. The molecule has 0 heterocycles. The molecule has 1 N–H and O–H groups in total. The van der Waals surface area contributed by atoms with Crippen molar-refractivity contribution in [2.45, 2.75) is 6.92 Å². The molecular weight excluding hydrogens is 208 g/mol. The van der Waals surface area contributed by atoms with Crippen molar-refractivity contribution in [1.29, 1.82) is 0 Å². The lowest BCUT2D eigenvalue weighted by atomic mass is 10.1. The number of para-hydroxylation sites is 1. The Hall–Kier alpha value is -2.17. The van der Waals surface area contributed by atoms with Crippen molar-refractivity contribution < 1.29 is 9.72 Å². The van der Waals surface area contributed by atoms with E-state index in [9.17, 15) is 14.9 Å². The molecule has 1 aromatic carbocycles. The first kappa shape index (κ1) is 11.9. The molecule has 0 aliphatic carbocycles. The van der Waals surface area contributed by atoms with Crippen LogP contribution in [0.3, 0.4) is 0 Å². The maximum Gasteiger partial charge on any atom is 0.276 e. The Bertz CT molecular complexity index is 427. The van der Waals surface area contributed by atoms with Crippen molar-refractivity contribution in [2.75, 3.05) is 6.54 Å². The number of amides is 1. The van der Waals surface area contributed by atoms with E-state index in [0.29, 0.717) is 12.1 Å². The van der Waals surface area contributed by atoms with Gasteiger partial charge < -0.3 is 5.32 Å². The van der Waals surface area contributed by atoms with Gasteiger partial charge in [-0.2, -0.15) is 0 Å². The number of nitrogens with zero attached hydrogens (tertiary/aromatic N) is 1. The van der Waals surface area contributed by atoms with E-state index in [0.717, 1.165) is 0 Å². The number of nitro groups is 1. The van der Waals surface area contributed by atoms with Crippen LogP contribution >= 0.6 is 0 Å². The van der Waals surface area contributed by atoms with Gasteiger partial charge in [0.2, 0.25) is 5.91 Å². The Balaban J connectivity index is 2.73. The van der Waals surface area contributed by atoms with Gasteiger partial charge in [-0.25, -0.2) is 0 Å². The van der Waals surface area contributed by atoms with Crippen molar-refractivity contribution >= 4 is 17.7 Å². The van der Waals surface area contributed by atoms with Gasteiger partial charge in [-0.1, -0.05) is 24.3 Å². The molecule has 1 rings (SSSR count). The fourth-order valence-electron chi connectivity index (χ4n) is 1.18. The molecule has 1 amide bonds. The van der Waals surface area contributed by atoms with E-state index >= 15 is 0 Å². The van der Waals surface area contributed by atoms with Crippen LogP contribution in [0.1, 0.15) is 12.5 Å². The molecule has 1 aromatic rings. The van der Waals surface area contributed by atoms with Crippen LogP contribution in [0, 0.1) is 10.1 Å². The van der Waals surface area contributed by atoms with Gasteiger partial charge >= 0.3 is 0 Å². The van der Waals surface area contributed by atoms with Gasteiger partial charge in [0, 0.05) is 19.5 Å². The summed E-state index contributed by atoms with van der Waals surface area (Å²) in [5, 5.41) is 13.2. The highest BCUT2D eigenvalue weighted by atomic mass is 16.6. The smallest absolute Gasteiger partial charge is 0.276 e. The predicted octanol–water partition coefficient (Wildman–Crippen LogP) is 1.74. The van der Waals surface area contributed by atoms with E-state index in [1.54, 1.807) is 30.4 Å². The van der Waals surface area contributed by atoms with E-state index in [1.807, 2.05) is 0 Å². The molecule has 0 bridgehead atoms. The number of rotatable bonds is 4. The Labute approximate surface area is 92.9 Å². The molecule has 0 spiro atoms. The fraction of sp³-hybridized carbons (Fsp3) is 0.182. The van der Waals surface area contributed by atoms with Crippen molar-refractivity contribution in [2.24, 2.45) is 0 Å². The van der Waals surface area contributed by atoms with E-state index in [4.69, 9.17) is 0 Å². The minimum Gasteiger partial charge on any atom is -0.353 e. The molecule has 84 valence electrons. The van der Waals surface area contributed by atoms with Crippen molar-refractivity contribution in [1.82, 2.24) is 5.32 Å². The van der Waals surface area contributed by atoms with Crippen molar-refractivity contribution in [3.05, 3.63) is 46.0 Å². The number of carbonyl (C=O) groups is 1. The fourth-order valence-corrected chi connectivity index (χ4v) is 1.18. The van der Waals surface area contributed by atoms with Gasteiger partial charge in [0.05, 0.1) is 10.5 Å². The van der Waals surface area contributed by atoms with Crippen LogP contribution in [0.4, 0.5) is 5.69 Å². The Morgan fingerprint density at radius 1 is 1.50 bits per heavy atom. The molecule has 0 saturated heterocycles. The SMILES string of the molecule is CC(=O)NCC=Cc1ccccc1[N+](=O)[O-]. The van der Waals surface area contributed by atoms with Crippen LogP contribution < -0.4 is 5.32 Å². The largest absolute Gasteiger partial charge is 0.353 e. The number of nitro benzene ring substituents is 1. The zero-order chi connectivity index (χ0) is 12.0. The molecule has 0 saturated carbocycles. The Morgan fingerprint density at radius 3 is 2.81 bits per heavy atom. The molecular formula is C11H12N2O3. The quantitative estimate of drug-likeness (QED) is 0.620. The van der Waals surface area contributed by atoms with Gasteiger partial charge in [0.1, 0.15) is 0 Å². The van der Waals surface area contributed by atoms with Crippen LogP contribution in [-0.4, -0.2) is 17.4 Å². The standard InChI is InChI=1S/C11H12N2O3/c1-9(14)12-8-4-6-10-5-2-3-7-11(10)13(15)16/h2-7H,8H2,1H3,(H,12,14). The Morgan fingerprint density at radius 2 is 2.19 bits per heavy atom. The first-order valence-electron chi connectivity index (χ1n) is 4.75. The number of benzene rings is 1. The molecule has 0 fully saturated rings. The number of nitrogens with one attached hydrogen (secondary N) is 1. The third-order valence-corrected chi connectivity index (χ3v) is 1.90. The first-order valence-corrected chi connectivity index (χ1v) is 4.75. The second-order valence-corrected chi connectivity index (χ2v) is 3.16. The van der Waals surface area contributed by atoms with E-state index in [1.165, 1.54) is 13.0 Å². The monoisotopic (exact) mass is 220 g/mol. The van der Waals surface area contributed by atoms with Crippen LogP contribution in [0.25, 0.3) is 6.08 Å². The van der Waals surface area contributed by atoms with Crippen LogP contribution in [-0.2, 0) is 4.79 Å². The highest BCUT2D eigenvalue weighted by Crippen LogP contribution is 2.18. The summed E-state index contributed by atoms with van der Waals surface area (Å²) in [5.41, 5.74) is 0.583. The topological polar surface area (TPSA) is 72.2 Å². The van der Waals surface area contributed by atoms with Gasteiger partial charge in [0.15, 0.2) is 0 Å².